The Kier molecular flexibility index (Phi) is 5.94. The van der Waals surface area contributed by atoms with Gasteiger partial charge in [-0.1, -0.05) is 6.92 Å². The van der Waals surface area contributed by atoms with Crippen LogP contribution in [0, 0.1) is 16.0 Å². The van der Waals surface area contributed by atoms with E-state index in [1.807, 2.05) is 6.92 Å². The van der Waals surface area contributed by atoms with Gasteiger partial charge in [0.25, 0.3) is 5.69 Å². The maximum Gasteiger partial charge on any atom is 0.294 e. The fourth-order valence-corrected chi connectivity index (χ4v) is 4.98. The van der Waals surface area contributed by atoms with Gasteiger partial charge in [0.2, 0.25) is 10.0 Å². The number of nitrogens with zero attached hydrogens (tertiary/aromatic N) is 2. The monoisotopic (exact) mass is 421 g/mol. The lowest BCUT2D eigenvalue weighted by atomic mass is 10.0. The Morgan fingerprint density at radius 2 is 2.03 bits per heavy atom. The van der Waals surface area contributed by atoms with Gasteiger partial charge in [-0.3, -0.25) is 10.1 Å². The fraction of sp³-hybridized carbons (Fsp3) is 0.368. The zero-order valence-corrected chi connectivity index (χ0v) is 17.0. The number of nitro groups is 1. The summed E-state index contributed by atoms with van der Waals surface area (Å²) in [5, 5.41) is 24.3. The smallest absolute Gasteiger partial charge is 0.294 e. The molecule has 10 heteroatoms. The molecule has 0 bridgehead atoms. The van der Waals surface area contributed by atoms with E-state index in [-0.39, 0.29) is 33.7 Å². The van der Waals surface area contributed by atoms with Crippen LogP contribution in [0.4, 0.5) is 17.1 Å². The van der Waals surface area contributed by atoms with Gasteiger partial charge in [-0.25, -0.2) is 8.42 Å². The van der Waals surface area contributed by atoms with Crippen LogP contribution < -0.4 is 10.1 Å². The third-order valence-corrected chi connectivity index (χ3v) is 6.74. The van der Waals surface area contributed by atoms with Crippen molar-refractivity contribution in [1.29, 1.82) is 0 Å². The van der Waals surface area contributed by atoms with Crippen LogP contribution in [0.5, 0.6) is 11.5 Å². The zero-order valence-electron chi connectivity index (χ0n) is 16.2. The van der Waals surface area contributed by atoms with E-state index in [9.17, 15) is 23.6 Å². The van der Waals surface area contributed by atoms with Gasteiger partial charge in [-0.2, -0.15) is 4.31 Å². The topological polar surface area (TPSA) is 122 Å². The van der Waals surface area contributed by atoms with Crippen LogP contribution in [-0.2, 0) is 10.0 Å². The summed E-state index contributed by atoms with van der Waals surface area (Å²) >= 11 is 0. The molecule has 1 aliphatic rings. The van der Waals surface area contributed by atoms with Gasteiger partial charge in [0, 0.05) is 30.9 Å². The summed E-state index contributed by atoms with van der Waals surface area (Å²) in [6.45, 7) is 2.80. The first-order chi connectivity index (χ1) is 13.7. The van der Waals surface area contributed by atoms with Crippen molar-refractivity contribution in [2.75, 3.05) is 25.5 Å². The highest BCUT2D eigenvalue weighted by molar-refractivity contribution is 7.89. The first-order valence-electron chi connectivity index (χ1n) is 9.15. The van der Waals surface area contributed by atoms with Crippen LogP contribution in [0.15, 0.2) is 41.3 Å². The molecule has 1 aliphatic heterocycles. The lowest BCUT2D eigenvalue weighted by Gasteiger charge is -2.30. The molecule has 29 heavy (non-hydrogen) atoms. The SMILES string of the molecule is COc1ccc(Nc2ccc(S(=O)(=O)N3CCC[C@@H](C)C3)cc2[N+](=O)[O-])cc1O. The number of ether oxygens (including phenoxy) is 1. The minimum atomic E-state index is -3.81. The lowest BCUT2D eigenvalue weighted by Crippen LogP contribution is -2.39. The fourth-order valence-electron chi connectivity index (χ4n) is 3.37. The molecule has 2 aromatic carbocycles. The predicted molar refractivity (Wildman–Crippen MR) is 108 cm³/mol. The van der Waals surface area contributed by atoms with E-state index in [4.69, 9.17) is 4.74 Å². The number of hydrogen-bond donors (Lipinski definition) is 2. The first kappa shape index (κ1) is 20.9. The maximum atomic E-state index is 12.9. The molecule has 1 saturated heterocycles. The Bertz CT molecular complexity index is 1020. The summed E-state index contributed by atoms with van der Waals surface area (Å²) in [7, 11) is -2.40. The van der Waals surface area contributed by atoms with Crippen molar-refractivity contribution in [3.63, 3.8) is 0 Å². The molecule has 0 aromatic heterocycles. The van der Waals surface area contributed by atoms with Crippen molar-refractivity contribution in [2.45, 2.75) is 24.7 Å². The van der Waals surface area contributed by atoms with Crippen LogP contribution in [0.1, 0.15) is 19.8 Å². The van der Waals surface area contributed by atoms with Crippen molar-refractivity contribution in [2.24, 2.45) is 5.92 Å². The summed E-state index contributed by atoms with van der Waals surface area (Å²) in [5.41, 5.74) is 0.142. The van der Waals surface area contributed by atoms with E-state index in [2.05, 4.69) is 5.32 Å². The molecule has 1 atom stereocenters. The van der Waals surface area contributed by atoms with E-state index in [0.717, 1.165) is 18.9 Å². The van der Waals surface area contributed by atoms with Crippen molar-refractivity contribution < 1.29 is 23.2 Å². The Balaban J connectivity index is 1.93. The predicted octanol–water partition coefficient (Wildman–Crippen LogP) is 3.47. The number of sulfonamides is 1. The number of nitrogens with one attached hydrogen (secondary N) is 1. The summed E-state index contributed by atoms with van der Waals surface area (Å²) in [4.78, 5) is 10.8. The minimum Gasteiger partial charge on any atom is -0.504 e. The van der Waals surface area contributed by atoms with Gasteiger partial charge in [0.05, 0.1) is 16.9 Å². The maximum absolute atomic E-state index is 12.9. The lowest BCUT2D eigenvalue weighted by molar-refractivity contribution is -0.384. The standard InChI is InChI=1S/C19H23N3O6S/c1-13-4-3-9-21(12-13)29(26,27)15-6-7-16(17(11-15)22(24)25)20-14-5-8-19(28-2)18(23)10-14/h5-8,10-11,13,20,23H,3-4,9,12H2,1-2H3/t13-/m1/s1. The van der Waals surface area contributed by atoms with Gasteiger partial charge in [-0.05, 0) is 43.0 Å². The van der Waals surface area contributed by atoms with Crippen LogP contribution in [-0.4, -0.2) is 43.0 Å². The quantitative estimate of drug-likeness (QED) is 0.541. The molecule has 0 saturated carbocycles. The average molecular weight is 421 g/mol. The summed E-state index contributed by atoms with van der Waals surface area (Å²) < 4.78 is 32.2. The van der Waals surface area contributed by atoms with Crippen molar-refractivity contribution in [3.8, 4) is 11.5 Å². The zero-order chi connectivity index (χ0) is 21.2. The molecule has 3 rings (SSSR count). The Labute approximate surface area is 169 Å². The third kappa shape index (κ3) is 4.43. The largest absolute Gasteiger partial charge is 0.504 e. The third-order valence-electron chi connectivity index (χ3n) is 4.88. The van der Waals surface area contributed by atoms with Gasteiger partial charge in [-0.15, -0.1) is 0 Å². The molecule has 2 aromatic rings. The highest BCUT2D eigenvalue weighted by atomic mass is 32.2. The summed E-state index contributed by atoms with van der Waals surface area (Å²) in [6.07, 6.45) is 1.73. The van der Waals surface area contributed by atoms with E-state index in [0.29, 0.717) is 18.8 Å². The number of benzene rings is 2. The second kappa shape index (κ2) is 8.26. The number of phenolic OH excluding ortho intramolecular Hbond substituents is 1. The number of aromatic hydroxyl groups is 1. The first-order valence-corrected chi connectivity index (χ1v) is 10.6. The molecule has 0 aliphatic carbocycles. The molecule has 0 amide bonds. The van der Waals surface area contributed by atoms with Crippen LogP contribution >= 0.6 is 0 Å². The molecular weight excluding hydrogens is 398 g/mol. The van der Waals surface area contributed by atoms with Crippen molar-refractivity contribution in [3.05, 3.63) is 46.5 Å². The van der Waals surface area contributed by atoms with Crippen LogP contribution in [0.25, 0.3) is 0 Å². The Hall–Kier alpha value is -2.85. The second-order valence-corrected chi connectivity index (χ2v) is 9.00. The number of piperidine rings is 1. The van der Waals surface area contributed by atoms with E-state index in [1.165, 1.54) is 35.7 Å². The number of nitro benzene ring substituents is 1. The molecule has 1 heterocycles. The van der Waals surface area contributed by atoms with E-state index >= 15 is 0 Å². The molecular formula is C19H23N3O6S. The van der Waals surface area contributed by atoms with E-state index in [1.54, 1.807) is 6.07 Å². The molecule has 9 nitrogen and oxygen atoms in total. The Morgan fingerprint density at radius 1 is 1.28 bits per heavy atom. The van der Waals surface area contributed by atoms with Crippen LogP contribution in [0.2, 0.25) is 0 Å². The normalized spacial score (nSPS) is 17.7. The van der Waals surface area contributed by atoms with Crippen LogP contribution in [0.3, 0.4) is 0 Å². The van der Waals surface area contributed by atoms with Gasteiger partial charge in [0.15, 0.2) is 11.5 Å². The molecule has 0 radical (unpaired) electrons. The van der Waals surface area contributed by atoms with Gasteiger partial charge >= 0.3 is 0 Å². The summed E-state index contributed by atoms with van der Waals surface area (Å²) in [5.74, 6) is 0.387. The van der Waals surface area contributed by atoms with Gasteiger partial charge < -0.3 is 15.2 Å². The number of anilines is 2. The molecule has 1 fully saturated rings. The van der Waals surface area contributed by atoms with E-state index < -0.39 is 14.9 Å². The highest BCUT2D eigenvalue weighted by Crippen LogP contribution is 2.35. The molecule has 0 unspecified atom stereocenters. The van der Waals surface area contributed by atoms with Gasteiger partial charge in [0.1, 0.15) is 5.69 Å². The number of phenols is 1. The van der Waals surface area contributed by atoms with Crippen molar-refractivity contribution >= 4 is 27.1 Å². The summed E-state index contributed by atoms with van der Waals surface area (Å²) in [6, 6.07) is 8.25. The minimum absolute atomic E-state index is 0.110. The Morgan fingerprint density at radius 3 is 2.66 bits per heavy atom. The van der Waals surface area contributed by atoms with Crippen molar-refractivity contribution in [1.82, 2.24) is 4.31 Å². The highest BCUT2D eigenvalue weighted by Gasteiger charge is 2.30. The molecule has 2 N–H and O–H groups in total. The molecule has 156 valence electrons. The molecule has 0 spiro atoms. The average Bonchev–Trinajstić information content (AvgIpc) is 2.68. The number of rotatable bonds is 6. The number of methoxy groups -OCH3 is 1. The second-order valence-electron chi connectivity index (χ2n) is 7.06. The number of hydrogen-bond acceptors (Lipinski definition) is 7.